The van der Waals surface area contributed by atoms with Crippen LogP contribution in [0.25, 0.3) is 0 Å². The summed E-state index contributed by atoms with van der Waals surface area (Å²) < 4.78 is 0. The Balaban J connectivity index is 3.25. The van der Waals surface area contributed by atoms with Crippen LogP contribution in [-0.4, -0.2) is 23.0 Å². The predicted octanol–water partition coefficient (Wildman–Crippen LogP) is 1.46. The lowest BCUT2D eigenvalue weighted by Gasteiger charge is -2.31. The molecule has 82 valence electrons. The number of hydrogen-bond donors (Lipinski definition) is 1. The van der Waals surface area contributed by atoms with E-state index in [2.05, 4.69) is 20.7 Å². The highest BCUT2D eigenvalue weighted by Gasteiger charge is 2.55. The Bertz CT molecular complexity index is 322. The van der Waals surface area contributed by atoms with Gasteiger partial charge in [0.2, 0.25) is 6.17 Å². The van der Waals surface area contributed by atoms with Crippen LogP contribution < -0.4 is 0 Å². The summed E-state index contributed by atoms with van der Waals surface area (Å²) in [6.07, 6.45) is -1.05. The molecule has 0 aromatic heterocycles. The molecule has 1 atom stereocenters. The van der Waals surface area contributed by atoms with E-state index < -0.39 is 29.3 Å². The minimum atomic E-state index is -1.66. The number of ketones is 1. The zero-order chi connectivity index (χ0) is 11.6. The molecular weight excluding hydrogens is 200 g/mol. The van der Waals surface area contributed by atoms with E-state index in [1.807, 2.05) is 0 Å². The summed E-state index contributed by atoms with van der Waals surface area (Å²) in [7, 11) is 0. The van der Waals surface area contributed by atoms with Crippen molar-refractivity contribution in [3.05, 3.63) is 0 Å². The summed E-state index contributed by atoms with van der Waals surface area (Å²) in [5.41, 5.74) is -1.66. The summed E-state index contributed by atoms with van der Waals surface area (Å²) in [6, 6.07) is 0. The largest absolute Gasteiger partial charge is 0.480 e. The first-order valence-electron chi connectivity index (χ1n) is 4.48. The maximum atomic E-state index is 11.6. The number of carbonyl (C=O) groups excluding carboxylic acids is 1. The Morgan fingerprint density at radius 2 is 1.73 bits per heavy atom. The van der Waals surface area contributed by atoms with E-state index in [4.69, 9.17) is 0 Å². The van der Waals surface area contributed by atoms with Gasteiger partial charge in [-0.25, -0.2) is 0 Å². The van der Waals surface area contributed by atoms with Gasteiger partial charge in [0.1, 0.15) is 0 Å². The fourth-order valence-electron chi connectivity index (χ4n) is 1.74. The van der Waals surface area contributed by atoms with Gasteiger partial charge in [0.15, 0.2) is 11.2 Å². The topological polar surface area (TPSA) is 104 Å². The lowest BCUT2D eigenvalue weighted by atomic mass is 9.72. The van der Waals surface area contributed by atoms with Crippen LogP contribution in [0.2, 0.25) is 0 Å². The molecule has 0 aromatic rings. The summed E-state index contributed by atoms with van der Waals surface area (Å²) in [5, 5.41) is 22.8. The number of rotatable bonds is 4. The molecule has 1 aliphatic heterocycles. The molecular formula is C8H12N4O3. The van der Waals surface area contributed by atoms with Gasteiger partial charge in [-0.1, -0.05) is 13.8 Å². The van der Waals surface area contributed by atoms with Crippen molar-refractivity contribution in [1.29, 1.82) is 0 Å². The number of aliphatic carboxylic acids is 1. The van der Waals surface area contributed by atoms with Gasteiger partial charge in [-0.2, -0.15) is 0 Å². The van der Waals surface area contributed by atoms with Gasteiger partial charge in [0.05, 0.1) is 0 Å². The van der Waals surface area contributed by atoms with Crippen molar-refractivity contribution in [2.24, 2.45) is 32.0 Å². The maximum absolute atomic E-state index is 11.6. The molecule has 1 heterocycles. The molecule has 1 unspecified atom stereocenters. The van der Waals surface area contributed by atoms with Crippen molar-refractivity contribution in [3.63, 3.8) is 0 Å². The summed E-state index contributed by atoms with van der Waals surface area (Å²) in [5.74, 6) is -2.17. The Hall–Kier alpha value is -1.66. The molecule has 7 heteroatoms. The zero-order valence-corrected chi connectivity index (χ0v) is 8.71. The number of carboxylic acid groups (broad SMARTS) is 1. The molecule has 0 aliphatic carbocycles. The number of nitrogens with zero attached hydrogens (tertiary/aromatic N) is 4. The summed E-state index contributed by atoms with van der Waals surface area (Å²) in [4.78, 5) is 22.8. The van der Waals surface area contributed by atoms with Crippen molar-refractivity contribution in [2.75, 3.05) is 0 Å². The first-order chi connectivity index (χ1) is 6.94. The van der Waals surface area contributed by atoms with E-state index in [1.54, 1.807) is 13.8 Å². The van der Waals surface area contributed by atoms with Crippen molar-refractivity contribution in [3.8, 4) is 0 Å². The average molecular weight is 212 g/mol. The number of hydrogen-bond acceptors (Lipinski definition) is 6. The van der Waals surface area contributed by atoms with Crippen LogP contribution in [0, 0.1) is 11.3 Å². The number of Topliss-reactive ketones (excluding diaryl/α,β-unsaturated/α-hetero) is 1. The van der Waals surface area contributed by atoms with Crippen molar-refractivity contribution < 1.29 is 14.7 Å². The normalized spacial score (nSPS) is 19.5. The van der Waals surface area contributed by atoms with Crippen LogP contribution in [-0.2, 0) is 9.59 Å². The van der Waals surface area contributed by atoms with Crippen molar-refractivity contribution >= 4 is 11.8 Å². The monoisotopic (exact) mass is 212 g/mol. The van der Waals surface area contributed by atoms with Gasteiger partial charge in [0.25, 0.3) is 0 Å². The summed E-state index contributed by atoms with van der Waals surface area (Å²) in [6.45, 7) is 4.50. The van der Waals surface area contributed by atoms with Crippen LogP contribution in [0.3, 0.4) is 0 Å². The lowest BCUT2D eigenvalue weighted by molar-refractivity contribution is -0.159. The highest BCUT2D eigenvalue weighted by Crippen LogP contribution is 2.37. The van der Waals surface area contributed by atoms with Crippen LogP contribution in [0.15, 0.2) is 20.7 Å². The van der Waals surface area contributed by atoms with Gasteiger partial charge in [0, 0.05) is 0 Å². The quantitative estimate of drug-likeness (QED) is 0.713. The van der Waals surface area contributed by atoms with Crippen LogP contribution in [0.1, 0.15) is 20.8 Å². The van der Waals surface area contributed by atoms with E-state index >= 15 is 0 Å². The molecule has 15 heavy (non-hydrogen) atoms. The zero-order valence-electron chi connectivity index (χ0n) is 8.71. The Labute approximate surface area is 86.3 Å². The molecule has 1 rings (SSSR count). The Morgan fingerprint density at radius 3 is 2.00 bits per heavy atom. The Kier molecular flexibility index (Phi) is 2.92. The molecule has 7 nitrogen and oxygen atoms in total. The van der Waals surface area contributed by atoms with E-state index in [1.165, 1.54) is 6.92 Å². The second-order valence-electron chi connectivity index (χ2n) is 3.67. The van der Waals surface area contributed by atoms with Gasteiger partial charge in [-0.15, -0.1) is 10.2 Å². The number of carboxylic acids is 1. The smallest absolute Gasteiger partial charge is 0.321 e. The van der Waals surface area contributed by atoms with Crippen LogP contribution >= 0.6 is 0 Å². The first kappa shape index (κ1) is 11.4. The molecule has 0 amide bonds. The summed E-state index contributed by atoms with van der Waals surface area (Å²) >= 11 is 0. The highest BCUT2D eigenvalue weighted by molar-refractivity contribution is 6.03. The lowest BCUT2D eigenvalue weighted by Crippen LogP contribution is -2.50. The highest BCUT2D eigenvalue weighted by atomic mass is 16.4. The molecule has 0 spiro atoms. The average Bonchev–Trinajstić information content (AvgIpc) is 2.55. The third-order valence-electron chi connectivity index (χ3n) is 2.62. The second-order valence-corrected chi connectivity index (χ2v) is 3.67. The van der Waals surface area contributed by atoms with Crippen molar-refractivity contribution in [1.82, 2.24) is 0 Å². The fourth-order valence-corrected chi connectivity index (χ4v) is 1.74. The molecule has 0 saturated carbocycles. The van der Waals surface area contributed by atoms with Gasteiger partial charge in [-0.3, -0.25) is 9.59 Å². The molecule has 0 fully saturated rings. The first-order valence-corrected chi connectivity index (χ1v) is 4.48. The maximum Gasteiger partial charge on any atom is 0.321 e. The minimum absolute atomic E-state index is 0.437. The molecule has 0 radical (unpaired) electrons. The van der Waals surface area contributed by atoms with E-state index in [-0.39, 0.29) is 0 Å². The molecule has 0 bridgehead atoms. The fraction of sp³-hybridized carbons (Fsp3) is 0.750. The van der Waals surface area contributed by atoms with E-state index in [0.717, 1.165) is 0 Å². The van der Waals surface area contributed by atoms with Gasteiger partial charge >= 0.3 is 5.97 Å². The second kappa shape index (κ2) is 3.84. The molecule has 0 aromatic carbocycles. The number of carbonyl (C=O) groups is 2. The molecule has 1 aliphatic rings. The van der Waals surface area contributed by atoms with Crippen LogP contribution in [0.4, 0.5) is 0 Å². The van der Waals surface area contributed by atoms with Gasteiger partial charge < -0.3 is 5.11 Å². The SMILES string of the molecule is CC(=O)C(C(=O)O)(C(C)C)C1N=NN=N1. The third kappa shape index (κ3) is 1.53. The van der Waals surface area contributed by atoms with Crippen LogP contribution in [0.5, 0.6) is 0 Å². The standard InChI is InChI=1S/C8H12N4O3/c1-4(2)8(5(3)13,7(14)15)6-9-11-12-10-6/h4,6H,1-3H3,(H,14,15). The van der Waals surface area contributed by atoms with Crippen molar-refractivity contribution in [2.45, 2.75) is 26.9 Å². The predicted molar refractivity (Wildman–Crippen MR) is 49.1 cm³/mol. The molecule has 0 saturated heterocycles. The minimum Gasteiger partial charge on any atom is -0.480 e. The Morgan fingerprint density at radius 1 is 1.27 bits per heavy atom. The van der Waals surface area contributed by atoms with E-state index in [0.29, 0.717) is 0 Å². The molecule has 1 N–H and O–H groups in total. The van der Waals surface area contributed by atoms with Gasteiger partial charge in [-0.05, 0) is 23.3 Å². The third-order valence-corrected chi connectivity index (χ3v) is 2.62. The van der Waals surface area contributed by atoms with E-state index in [9.17, 15) is 14.7 Å².